The van der Waals surface area contributed by atoms with E-state index in [-0.39, 0.29) is 5.56 Å². The molecule has 0 spiro atoms. The van der Waals surface area contributed by atoms with Gasteiger partial charge in [-0.3, -0.25) is 0 Å². The predicted molar refractivity (Wildman–Crippen MR) is 76.7 cm³/mol. The number of nitrogens with two attached hydrogens (primary N) is 1. The van der Waals surface area contributed by atoms with E-state index in [1.54, 1.807) is 60.7 Å². The van der Waals surface area contributed by atoms with Crippen molar-refractivity contribution in [2.75, 3.05) is 0 Å². The van der Waals surface area contributed by atoms with Crippen LogP contribution in [0.15, 0.2) is 60.7 Å². The van der Waals surface area contributed by atoms with Crippen LogP contribution in [0.3, 0.4) is 0 Å². The molecule has 0 aliphatic rings. The lowest BCUT2D eigenvalue weighted by atomic mass is 10.0. The Labute approximate surface area is 122 Å². The molecule has 2 atom stereocenters. The van der Waals surface area contributed by atoms with E-state index in [0.717, 1.165) is 0 Å². The van der Waals surface area contributed by atoms with Gasteiger partial charge in [0.15, 0.2) is 0 Å². The minimum atomic E-state index is -1.44. The summed E-state index contributed by atoms with van der Waals surface area (Å²) >= 11 is 0. The van der Waals surface area contributed by atoms with E-state index in [0.29, 0.717) is 5.56 Å². The molecular weight excluding hydrogens is 270 g/mol. The molecule has 0 saturated heterocycles. The number of carboxylic acids is 1. The van der Waals surface area contributed by atoms with Gasteiger partial charge < -0.3 is 15.6 Å². The number of ether oxygens (including phenoxy) is 1. The highest BCUT2D eigenvalue weighted by atomic mass is 16.6. The van der Waals surface area contributed by atoms with Crippen LogP contribution in [-0.2, 0) is 9.53 Å². The van der Waals surface area contributed by atoms with Crippen LogP contribution >= 0.6 is 0 Å². The number of aliphatic carboxylic acids is 1. The van der Waals surface area contributed by atoms with Gasteiger partial charge in [0.25, 0.3) is 0 Å². The molecule has 0 aliphatic carbocycles. The Bertz CT molecular complexity index is 613. The molecule has 5 heteroatoms. The number of rotatable bonds is 5. The van der Waals surface area contributed by atoms with Crippen molar-refractivity contribution in [2.24, 2.45) is 5.73 Å². The quantitative estimate of drug-likeness (QED) is 0.820. The van der Waals surface area contributed by atoms with Crippen molar-refractivity contribution in [1.82, 2.24) is 0 Å². The second kappa shape index (κ2) is 6.67. The molecule has 0 radical (unpaired) electrons. The van der Waals surface area contributed by atoms with Crippen molar-refractivity contribution in [2.45, 2.75) is 12.1 Å². The minimum Gasteiger partial charge on any atom is -0.478 e. The molecule has 21 heavy (non-hydrogen) atoms. The highest BCUT2D eigenvalue weighted by Gasteiger charge is 2.30. The van der Waals surface area contributed by atoms with E-state index in [4.69, 9.17) is 10.5 Å². The molecular formula is C16H15NO4. The number of benzene rings is 2. The summed E-state index contributed by atoms with van der Waals surface area (Å²) in [6.07, 6.45) is -1.44. The number of esters is 1. The van der Waals surface area contributed by atoms with Gasteiger partial charge in [-0.1, -0.05) is 48.5 Å². The van der Waals surface area contributed by atoms with Crippen molar-refractivity contribution in [1.29, 1.82) is 0 Å². The Balaban J connectivity index is 2.17. The Morgan fingerprint density at radius 2 is 1.48 bits per heavy atom. The van der Waals surface area contributed by atoms with E-state index < -0.39 is 24.1 Å². The SMILES string of the molecule is N[C@@H](c1ccccc1)[C@@H](OC(=O)c1ccccc1)C(=O)O. The van der Waals surface area contributed by atoms with Crippen LogP contribution in [0.2, 0.25) is 0 Å². The lowest BCUT2D eigenvalue weighted by Gasteiger charge is -2.20. The highest BCUT2D eigenvalue weighted by molar-refractivity contribution is 5.91. The smallest absolute Gasteiger partial charge is 0.347 e. The summed E-state index contributed by atoms with van der Waals surface area (Å²) in [5.41, 5.74) is 6.78. The average Bonchev–Trinajstić information content (AvgIpc) is 2.53. The summed E-state index contributed by atoms with van der Waals surface area (Å²) in [5.74, 6) is -2.00. The van der Waals surface area contributed by atoms with Gasteiger partial charge >= 0.3 is 11.9 Å². The Morgan fingerprint density at radius 1 is 0.952 bits per heavy atom. The van der Waals surface area contributed by atoms with Crippen molar-refractivity contribution in [3.63, 3.8) is 0 Å². The summed E-state index contributed by atoms with van der Waals surface area (Å²) in [5, 5.41) is 9.24. The second-order valence-corrected chi connectivity index (χ2v) is 4.47. The molecule has 108 valence electrons. The molecule has 0 saturated carbocycles. The first-order valence-corrected chi connectivity index (χ1v) is 6.39. The molecule has 0 aliphatic heterocycles. The van der Waals surface area contributed by atoms with Crippen LogP contribution < -0.4 is 5.73 Å². The number of hydrogen-bond donors (Lipinski definition) is 2. The third-order valence-corrected chi connectivity index (χ3v) is 3.00. The summed E-state index contributed by atoms with van der Waals surface area (Å²) in [6, 6.07) is 15.9. The number of carbonyl (C=O) groups excluding carboxylic acids is 1. The van der Waals surface area contributed by atoms with Crippen LogP contribution in [-0.4, -0.2) is 23.1 Å². The zero-order valence-electron chi connectivity index (χ0n) is 11.2. The first-order chi connectivity index (χ1) is 10.1. The lowest BCUT2D eigenvalue weighted by Crippen LogP contribution is -2.37. The largest absolute Gasteiger partial charge is 0.478 e. The zero-order chi connectivity index (χ0) is 15.2. The Kier molecular flexibility index (Phi) is 4.68. The van der Waals surface area contributed by atoms with Gasteiger partial charge in [-0.2, -0.15) is 0 Å². The molecule has 3 N–H and O–H groups in total. The van der Waals surface area contributed by atoms with E-state index in [9.17, 15) is 14.7 Å². The van der Waals surface area contributed by atoms with Gasteiger partial charge in [0, 0.05) is 0 Å². The summed E-state index contributed by atoms with van der Waals surface area (Å²) in [7, 11) is 0. The summed E-state index contributed by atoms with van der Waals surface area (Å²) in [4.78, 5) is 23.3. The van der Waals surface area contributed by atoms with Crippen molar-refractivity contribution in [3.8, 4) is 0 Å². The average molecular weight is 285 g/mol. The predicted octanol–water partition coefficient (Wildman–Crippen LogP) is 2.00. The van der Waals surface area contributed by atoms with Crippen molar-refractivity contribution in [3.05, 3.63) is 71.8 Å². The fourth-order valence-corrected chi connectivity index (χ4v) is 1.88. The van der Waals surface area contributed by atoms with Crippen LogP contribution in [0.25, 0.3) is 0 Å². The van der Waals surface area contributed by atoms with E-state index in [1.807, 2.05) is 0 Å². The second-order valence-electron chi connectivity index (χ2n) is 4.47. The summed E-state index contributed by atoms with van der Waals surface area (Å²) in [6.45, 7) is 0. The van der Waals surface area contributed by atoms with Gasteiger partial charge in [0.2, 0.25) is 6.10 Å². The maximum Gasteiger partial charge on any atom is 0.347 e. The van der Waals surface area contributed by atoms with Crippen molar-refractivity contribution >= 4 is 11.9 Å². The molecule has 0 bridgehead atoms. The topological polar surface area (TPSA) is 89.6 Å². The lowest BCUT2D eigenvalue weighted by molar-refractivity contribution is -0.148. The first kappa shape index (κ1) is 14.7. The fourth-order valence-electron chi connectivity index (χ4n) is 1.88. The monoisotopic (exact) mass is 285 g/mol. The van der Waals surface area contributed by atoms with E-state index in [2.05, 4.69) is 0 Å². The minimum absolute atomic E-state index is 0.281. The van der Waals surface area contributed by atoms with Crippen LogP contribution in [0.4, 0.5) is 0 Å². The molecule has 0 unspecified atom stereocenters. The fraction of sp³-hybridized carbons (Fsp3) is 0.125. The molecule has 2 rings (SSSR count). The van der Waals surface area contributed by atoms with Gasteiger partial charge in [-0.15, -0.1) is 0 Å². The molecule has 0 fully saturated rings. The Morgan fingerprint density at radius 3 is 2.00 bits per heavy atom. The van der Waals surface area contributed by atoms with Crippen LogP contribution in [0.5, 0.6) is 0 Å². The molecule has 0 aromatic heterocycles. The number of carbonyl (C=O) groups is 2. The molecule has 5 nitrogen and oxygen atoms in total. The maximum absolute atomic E-state index is 12.0. The maximum atomic E-state index is 12.0. The van der Waals surface area contributed by atoms with Crippen molar-refractivity contribution < 1.29 is 19.4 Å². The van der Waals surface area contributed by atoms with E-state index in [1.165, 1.54) is 0 Å². The van der Waals surface area contributed by atoms with E-state index >= 15 is 0 Å². The highest BCUT2D eigenvalue weighted by Crippen LogP contribution is 2.18. The standard InChI is InChI=1S/C16H15NO4/c17-13(11-7-3-1-4-8-11)14(15(18)19)21-16(20)12-9-5-2-6-10-12/h1-10,13-14H,17H2,(H,18,19)/t13-,14+/m0/s1. The molecule has 2 aromatic rings. The number of hydrogen-bond acceptors (Lipinski definition) is 4. The van der Waals surface area contributed by atoms with Gasteiger partial charge in [-0.25, -0.2) is 9.59 Å². The first-order valence-electron chi connectivity index (χ1n) is 6.39. The normalized spacial score (nSPS) is 13.2. The third kappa shape index (κ3) is 3.67. The zero-order valence-corrected chi connectivity index (χ0v) is 11.2. The number of carboxylic acid groups (broad SMARTS) is 1. The molecule has 0 amide bonds. The molecule has 2 aromatic carbocycles. The van der Waals surface area contributed by atoms with Gasteiger partial charge in [-0.05, 0) is 17.7 Å². The van der Waals surface area contributed by atoms with Crippen LogP contribution in [0, 0.1) is 0 Å². The Hall–Kier alpha value is -2.66. The molecule has 0 heterocycles. The van der Waals surface area contributed by atoms with Crippen LogP contribution in [0.1, 0.15) is 22.0 Å². The van der Waals surface area contributed by atoms with Gasteiger partial charge in [0.05, 0.1) is 11.6 Å². The van der Waals surface area contributed by atoms with Gasteiger partial charge in [0.1, 0.15) is 0 Å². The summed E-state index contributed by atoms with van der Waals surface area (Å²) < 4.78 is 5.05. The third-order valence-electron chi connectivity index (χ3n) is 3.00.